The molecule has 4 heterocycles. The minimum absolute atomic E-state index is 0.0371. The highest BCUT2D eigenvalue weighted by Gasteiger charge is 2.50. The molecule has 1 fully saturated rings. The standard InChI is InChI=1S/C27H28N6O6S/c1-27(2)11-14-32(40(38,39)19-5-3-12-28-16-19)22(27)24(34)30-21(25(35)36)15-17-7-9-18(10-8-17)33-23-20(31-26(33)37)6-4-13-29-23/h3-10,12-13,16,21-22H,11,14-15H2,1-2H3,(H,30,34)(H,31,37)(H,35,36). The summed E-state index contributed by atoms with van der Waals surface area (Å²) in [6, 6.07) is 10.6. The van der Waals surface area contributed by atoms with Crippen LogP contribution in [0.1, 0.15) is 25.8 Å². The number of rotatable bonds is 8. The number of nitrogens with zero attached hydrogens (tertiary/aromatic N) is 4. The largest absolute Gasteiger partial charge is 0.480 e. The molecule has 2 unspecified atom stereocenters. The lowest BCUT2D eigenvalue weighted by molar-refractivity contribution is -0.142. The highest BCUT2D eigenvalue weighted by molar-refractivity contribution is 7.89. The Hall–Kier alpha value is -4.36. The molecule has 1 aliphatic rings. The maximum absolute atomic E-state index is 13.5. The van der Waals surface area contributed by atoms with Gasteiger partial charge in [-0.05, 0) is 53.8 Å². The van der Waals surface area contributed by atoms with E-state index in [1.54, 1.807) is 56.4 Å². The van der Waals surface area contributed by atoms with E-state index in [0.717, 1.165) is 4.31 Å². The van der Waals surface area contributed by atoms with E-state index < -0.39 is 39.4 Å². The van der Waals surface area contributed by atoms with Crippen LogP contribution in [0.15, 0.2) is 76.8 Å². The number of carbonyl (C=O) groups is 2. The second kappa shape index (κ2) is 10.3. The summed E-state index contributed by atoms with van der Waals surface area (Å²) < 4.78 is 29.2. The van der Waals surface area contributed by atoms with Gasteiger partial charge in [0.05, 0.1) is 11.2 Å². The van der Waals surface area contributed by atoms with E-state index >= 15 is 0 Å². The molecule has 2 atom stereocenters. The Morgan fingerprint density at radius 1 is 1.15 bits per heavy atom. The highest BCUT2D eigenvalue weighted by Crippen LogP contribution is 2.39. The number of aromatic amines is 1. The third-order valence-electron chi connectivity index (χ3n) is 7.19. The number of amides is 1. The number of aromatic nitrogens is 4. The third-order valence-corrected chi connectivity index (χ3v) is 9.03. The molecular formula is C27H28N6O6S. The smallest absolute Gasteiger partial charge is 0.332 e. The summed E-state index contributed by atoms with van der Waals surface area (Å²) in [4.78, 5) is 48.9. The molecular weight excluding hydrogens is 536 g/mol. The number of pyridine rings is 2. The highest BCUT2D eigenvalue weighted by atomic mass is 32.2. The lowest BCUT2D eigenvalue weighted by Crippen LogP contribution is -2.55. The number of benzene rings is 1. The molecule has 13 heteroatoms. The van der Waals surface area contributed by atoms with Crippen LogP contribution < -0.4 is 11.0 Å². The van der Waals surface area contributed by atoms with Crippen LogP contribution in [-0.4, -0.2) is 67.9 Å². The lowest BCUT2D eigenvalue weighted by Gasteiger charge is -2.32. The topological polar surface area (TPSA) is 167 Å². The van der Waals surface area contributed by atoms with Gasteiger partial charge >= 0.3 is 11.7 Å². The first-order valence-electron chi connectivity index (χ1n) is 12.6. The molecule has 0 aliphatic carbocycles. The van der Waals surface area contributed by atoms with Gasteiger partial charge in [-0.3, -0.25) is 9.78 Å². The molecule has 1 saturated heterocycles. The fourth-order valence-electron chi connectivity index (χ4n) is 5.08. The van der Waals surface area contributed by atoms with Gasteiger partial charge in [0.25, 0.3) is 0 Å². The van der Waals surface area contributed by atoms with Crippen molar-refractivity contribution in [1.82, 2.24) is 29.1 Å². The number of hydrogen-bond donors (Lipinski definition) is 3. The average Bonchev–Trinajstić information content (AvgIpc) is 3.44. The number of hydrogen-bond acceptors (Lipinski definition) is 7. The summed E-state index contributed by atoms with van der Waals surface area (Å²) in [7, 11) is -4.04. The number of aliphatic carboxylic acids is 1. The summed E-state index contributed by atoms with van der Waals surface area (Å²) >= 11 is 0. The molecule has 0 radical (unpaired) electrons. The van der Waals surface area contributed by atoms with Crippen LogP contribution in [-0.2, 0) is 26.0 Å². The Labute approximate surface area is 229 Å². The minimum atomic E-state index is -4.04. The number of carboxylic acids is 1. The van der Waals surface area contributed by atoms with E-state index in [1.165, 1.54) is 29.1 Å². The molecule has 0 bridgehead atoms. The average molecular weight is 565 g/mol. The molecule has 1 amide bonds. The zero-order valence-electron chi connectivity index (χ0n) is 21.8. The lowest BCUT2D eigenvalue weighted by atomic mass is 9.84. The molecule has 0 spiro atoms. The van der Waals surface area contributed by atoms with Crippen molar-refractivity contribution < 1.29 is 23.1 Å². The van der Waals surface area contributed by atoms with Crippen LogP contribution in [0.2, 0.25) is 0 Å². The number of nitrogens with one attached hydrogen (secondary N) is 2. The van der Waals surface area contributed by atoms with Crippen molar-refractivity contribution in [2.45, 2.75) is 43.7 Å². The number of sulfonamides is 1. The van der Waals surface area contributed by atoms with Crippen LogP contribution >= 0.6 is 0 Å². The van der Waals surface area contributed by atoms with Gasteiger partial charge in [-0.25, -0.2) is 27.6 Å². The molecule has 4 aromatic rings. The number of H-pyrrole nitrogens is 1. The summed E-state index contributed by atoms with van der Waals surface area (Å²) in [5.41, 5.74) is 1.09. The summed E-state index contributed by atoms with van der Waals surface area (Å²) in [6.45, 7) is 3.68. The molecule has 0 saturated carbocycles. The van der Waals surface area contributed by atoms with Crippen molar-refractivity contribution in [1.29, 1.82) is 0 Å². The fourth-order valence-corrected chi connectivity index (χ4v) is 6.79. The van der Waals surface area contributed by atoms with E-state index in [-0.39, 0.29) is 23.6 Å². The molecule has 3 aromatic heterocycles. The van der Waals surface area contributed by atoms with Crippen LogP contribution in [0.4, 0.5) is 0 Å². The van der Waals surface area contributed by atoms with Gasteiger partial charge in [0.1, 0.15) is 17.0 Å². The van der Waals surface area contributed by atoms with Crippen LogP contribution in [0.25, 0.3) is 16.9 Å². The van der Waals surface area contributed by atoms with E-state index in [1.807, 2.05) is 0 Å². The maximum Gasteiger partial charge on any atom is 0.332 e. The summed E-state index contributed by atoms with van der Waals surface area (Å²) in [6.07, 6.45) is 4.63. The second-order valence-corrected chi connectivity index (χ2v) is 12.2. The third kappa shape index (κ3) is 5.00. The maximum atomic E-state index is 13.5. The first kappa shape index (κ1) is 27.2. The predicted octanol–water partition coefficient (Wildman–Crippen LogP) is 1.71. The number of fused-ring (bicyclic) bond motifs is 1. The molecule has 3 N–H and O–H groups in total. The molecule has 5 rings (SSSR count). The summed E-state index contributed by atoms with van der Waals surface area (Å²) in [5, 5.41) is 12.5. The van der Waals surface area contributed by atoms with Crippen molar-refractivity contribution in [3.05, 3.63) is 83.2 Å². The van der Waals surface area contributed by atoms with Crippen molar-refractivity contribution >= 4 is 33.1 Å². The quantitative estimate of drug-likeness (QED) is 0.291. The normalized spacial score (nSPS) is 18.0. The van der Waals surface area contributed by atoms with Crippen molar-refractivity contribution in [3.63, 3.8) is 0 Å². The van der Waals surface area contributed by atoms with Crippen molar-refractivity contribution in [2.24, 2.45) is 5.41 Å². The van der Waals surface area contributed by atoms with Crippen molar-refractivity contribution in [3.8, 4) is 5.69 Å². The fraction of sp³-hybridized carbons (Fsp3) is 0.296. The Morgan fingerprint density at radius 3 is 2.55 bits per heavy atom. The van der Waals surface area contributed by atoms with E-state index in [9.17, 15) is 27.9 Å². The first-order valence-corrected chi connectivity index (χ1v) is 14.0. The van der Waals surface area contributed by atoms with Crippen LogP contribution in [0, 0.1) is 5.41 Å². The zero-order chi connectivity index (χ0) is 28.7. The Balaban J connectivity index is 1.36. The number of imidazole rings is 1. The number of carboxylic acid groups (broad SMARTS) is 1. The van der Waals surface area contributed by atoms with Gasteiger partial charge in [0.15, 0.2) is 5.65 Å². The van der Waals surface area contributed by atoms with Gasteiger partial charge in [-0.15, -0.1) is 0 Å². The van der Waals surface area contributed by atoms with Gasteiger partial charge in [-0.1, -0.05) is 26.0 Å². The molecule has 12 nitrogen and oxygen atoms in total. The van der Waals surface area contributed by atoms with Gasteiger partial charge in [0, 0.05) is 31.6 Å². The van der Waals surface area contributed by atoms with Crippen LogP contribution in [0.5, 0.6) is 0 Å². The van der Waals surface area contributed by atoms with Crippen molar-refractivity contribution in [2.75, 3.05) is 6.54 Å². The Bertz CT molecular complexity index is 1730. The van der Waals surface area contributed by atoms with Gasteiger partial charge in [-0.2, -0.15) is 4.31 Å². The van der Waals surface area contributed by atoms with Gasteiger partial charge < -0.3 is 15.4 Å². The summed E-state index contributed by atoms with van der Waals surface area (Å²) in [5.74, 6) is -1.94. The zero-order valence-corrected chi connectivity index (χ0v) is 22.6. The van der Waals surface area contributed by atoms with Crippen LogP contribution in [0.3, 0.4) is 0 Å². The predicted molar refractivity (Wildman–Crippen MR) is 145 cm³/mol. The first-order chi connectivity index (χ1) is 19.0. The molecule has 1 aromatic carbocycles. The Morgan fingerprint density at radius 2 is 1.88 bits per heavy atom. The SMILES string of the molecule is CC1(C)CCN(S(=O)(=O)c2cccnc2)C1C(=O)NC(Cc1ccc(-n2c(=O)[nH]c3cccnc32)cc1)C(=O)O. The second-order valence-electron chi connectivity index (χ2n) is 10.4. The molecule has 40 heavy (non-hydrogen) atoms. The number of carbonyl (C=O) groups excluding carboxylic acids is 1. The molecule has 208 valence electrons. The van der Waals surface area contributed by atoms with E-state index in [4.69, 9.17) is 0 Å². The van der Waals surface area contributed by atoms with Gasteiger partial charge in [0.2, 0.25) is 15.9 Å². The van der Waals surface area contributed by atoms with E-state index in [2.05, 4.69) is 20.3 Å². The minimum Gasteiger partial charge on any atom is -0.480 e. The Kier molecular flexibility index (Phi) is 7.02. The van der Waals surface area contributed by atoms with E-state index in [0.29, 0.717) is 28.8 Å². The molecule has 1 aliphatic heterocycles. The monoisotopic (exact) mass is 564 g/mol.